The zero-order valence-corrected chi connectivity index (χ0v) is 14.1. The topological polar surface area (TPSA) is 39.7 Å². The molecule has 4 heteroatoms. The van der Waals surface area contributed by atoms with Crippen LogP contribution >= 0.6 is 0 Å². The molecule has 0 aromatic rings. The molecule has 2 N–H and O–H groups in total. The molecule has 0 radical (unpaired) electrons. The first-order valence-electron chi connectivity index (χ1n) is 8.18. The fraction of sp³-hybridized carbons (Fsp3) is 0.938. The maximum atomic E-state index is 4.33. The molecule has 0 atom stereocenters. The standard InChI is InChI=1S/C16H34N4/c1-6-16(9-7-8-10-16)13-19-15(17-4)18-11-12-20(5)14(2)3/h14H,6-13H2,1-5H3,(H2,17,18,19). The quantitative estimate of drug-likeness (QED) is 0.556. The Kier molecular flexibility index (Phi) is 7.35. The van der Waals surface area contributed by atoms with Crippen LogP contribution in [0.3, 0.4) is 0 Å². The maximum Gasteiger partial charge on any atom is 0.191 e. The number of guanidine groups is 1. The van der Waals surface area contributed by atoms with Crippen LogP contribution in [0.1, 0.15) is 52.9 Å². The van der Waals surface area contributed by atoms with E-state index in [0.29, 0.717) is 11.5 Å². The van der Waals surface area contributed by atoms with Gasteiger partial charge in [-0.15, -0.1) is 0 Å². The summed E-state index contributed by atoms with van der Waals surface area (Å²) in [6.45, 7) is 9.80. The average Bonchev–Trinajstić information content (AvgIpc) is 2.91. The third-order valence-electron chi connectivity index (χ3n) is 4.91. The molecule has 0 aromatic heterocycles. The largest absolute Gasteiger partial charge is 0.356 e. The molecule has 1 aliphatic rings. The Bertz CT molecular complexity index is 293. The van der Waals surface area contributed by atoms with Crippen molar-refractivity contribution in [3.05, 3.63) is 0 Å². The molecule has 118 valence electrons. The second kappa shape index (κ2) is 8.50. The molecule has 0 aliphatic heterocycles. The highest BCUT2D eigenvalue weighted by Gasteiger charge is 2.31. The van der Waals surface area contributed by atoms with E-state index in [2.05, 4.69) is 48.3 Å². The summed E-state index contributed by atoms with van der Waals surface area (Å²) in [4.78, 5) is 6.67. The van der Waals surface area contributed by atoms with Gasteiger partial charge >= 0.3 is 0 Å². The van der Waals surface area contributed by atoms with E-state index in [9.17, 15) is 0 Å². The lowest BCUT2D eigenvalue weighted by atomic mass is 9.83. The van der Waals surface area contributed by atoms with Gasteiger partial charge in [-0.05, 0) is 45.6 Å². The van der Waals surface area contributed by atoms with E-state index in [0.717, 1.165) is 25.6 Å². The minimum atomic E-state index is 0.506. The van der Waals surface area contributed by atoms with Crippen LogP contribution in [0.5, 0.6) is 0 Å². The summed E-state index contributed by atoms with van der Waals surface area (Å²) in [5, 5.41) is 6.94. The van der Waals surface area contributed by atoms with Gasteiger partial charge in [-0.2, -0.15) is 0 Å². The lowest BCUT2D eigenvalue weighted by Crippen LogP contribution is -2.45. The van der Waals surface area contributed by atoms with Crippen molar-refractivity contribution in [2.24, 2.45) is 10.4 Å². The molecule has 0 aromatic carbocycles. The van der Waals surface area contributed by atoms with Gasteiger partial charge in [0.15, 0.2) is 5.96 Å². The summed E-state index contributed by atoms with van der Waals surface area (Å²) < 4.78 is 0. The van der Waals surface area contributed by atoms with Gasteiger partial charge in [0.25, 0.3) is 0 Å². The zero-order valence-electron chi connectivity index (χ0n) is 14.1. The third kappa shape index (κ3) is 5.31. The molecule has 1 aliphatic carbocycles. The van der Waals surface area contributed by atoms with Crippen LogP contribution in [0.15, 0.2) is 4.99 Å². The first-order chi connectivity index (χ1) is 9.53. The van der Waals surface area contributed by atoms with Crippen molar-refractivity contribution in [1.82, 2.24) is 15.5 Å². The molecule has 0 bridgehead atoms. The zero-order chi connectivity index (χ0) is 15.0. The number of hydrogen-bond acceptors (Lipinski definition) is 2. The predicted molar refractivity (Wildman–Crippen MR) is 88.3 cm³/mol. The summed E-state index contributed by atoms with van der Waals surface area (Å²) in [5.41, 5.74) is 0.506. The average molecular weight is 282 g/mol. The highest BCUT2D eigenvalue weighted by molar-refractivity contribution is 5.79. The van der Waals surface area contributed by atoms with Crippen molar-refractivity contribution in [3.8, 4) is 0 Å². The fourth-order valence-corrected chi connectivity index (χ4v) is 2.88. The molecule has 0 unspecified atom stereocenters. The van der Waals surface area contributed by atoms with Gasteiger partial charge in [0.05, 0.1) is 0 Å². The first-order valence-corrected chi connectivity index (χ1v) is 8.18. The number of aliphatic imine (C=N–C) groups is 1. The second-order valence-corrected chi connectivity index (χ2v) is 6.49. The van der Waals surface area contributed by atoms with Crippen LogP contribution in [-0.4, -0.2) is 50.6 Å². The molecule has 0 amide bonds. The number of nitrogens with zero attached hydrogens (tertiary/aromatic N) is 2. The van der Waals surface area contributed by atoms with E-state index in [1.54, 1.807) is 0 Å². The molecule has 1 saturated carbocycles. The second-order valence-electron chi connectivity index (χ2n) is 6.49. The van der Waals surface area contributed by atoms with Crippen molar-refractivity contribution in [2.45, 2.75) is 58.9 Å². The summed E-state index contributed by atoms with van der Waals surface area (Å²) in [6.07, 6.45) is 6.78. The monoisotopic (exact) mass is 282 g/mol. The van der Waals surface area contributed by atoms with Crippen LogP contribution in [0.2, 0.25) is 0 Å². The Morgan fingerprint density at radius 2 is 1.90 bits per heavy atom. The highest BCUT2D eigenvalue weighted by atomic mass is 15.2. The molecule has 4 nitrogen and oxygen atoms in total. The van der Waals surface area contributed by atoms with Crippen molar-refractivity contribution in [2.75, 3.05) is 33.7 Å². The number of rotatable bonds is 7. The van der Waals surface area contributed by atoms with Crippen LogP contribution in [-0.2, 0) is 0 Å². The van der Waals surface area contributed by atoms with E-state index in [1.807, 2.05) is 7.05 Å². The van der Waals surface area contributed by atoms with Gasteiger partial charge in [0, 0.05) is 32.7 Å². The van der Waals surface area contributed by atoms with Gasteiger partial charge < -0.3 is 15.5 Å². The SMILES string of the molecule is CCC1(CNC(=NC)NCCN(C)C(C)C)CCCC1. The van der Waals surface area contributed by atoms with Gasteiger partial charge in [0.2, 0.25) is 0 Å². The molecule has 0 heterocycles. The van der Waals surface area contributed by atoms with E-state index in [-0.39, 0.29) is 0 Å². The highest BCUT2D eigenvalue weighted by Crippen LogP contribution is 2.40. The molecule has 0 spiro atoms. The van der Waals surface area contributed by atoms with E-state index in [1.165, 1.54) is 32.1 Å². The minimum absolute atomic E-state index is 0.506. The van der Waals surface area contributed by atoms with Crippen molar-refractivity contribution in [3.63, 3.8) is 0 Å². The Balaban J connectivity index is 2.29. The Morgan fingerprint density at radius 3 is 2.40 bits per heavy atom. The summed E-state index contributed by atoms with van der Waals surface area (Å²) in [6, 6.07) is 0.591. The Morgan fingerprint density at radius 1 is 1.25 bits per heavy atom. The van der Waals surface area contributed by atoms with Crippen molar-refractivity contribution < 1.29 is 0 Å². The van der Waals surface area contributed by atoms with Gasteiger partial charge in [-0.25, -0.2) is 0 Å². The Labute approximate surface area is 125 Å². The summed E-state index contributed by atoms with van der Waals surface area (Å²) in [7, 11) is 4.02. The third-order valence-corrected chi connectivity index (χ3v) is 4.91. The van der Waals surface area contributed by atoms with E-state index >= 15 is 0 Å². The predicted octanol–water partition coefficient (Wildman–Crippen LogP) is 2.46. The van der Waals surface area contributed by atoms with Gasteiger partial charge in [-0.3, -0.25) is 4.99 Å². The summed E-state index contributed by atoms with van der Waals surface area (Å²) >= 11 is 0. The van der Waals surface area contributed by atoms with Gasteiger partial charge in [-0.1, -0.05) is 19.8 Å². The van der Waals surface area contributed by atoms with Gasteiger partial charge in [0.1, 0.15) is 0 Å². The number of hydrogen-bond donors (Lipinski definition) is 2. The van der Waals surface area contributed by atoms with Crippen LogP contribution in [0.25, 0.3) is 0 Å². The molecular formula is C16H34N4. The van der Waals surface area contributed by atoms with Crippen LogP contribution in [0.4, 0.5) is 0 Å². The number of nitrogens with one attached hydrogen (secondary N) is 2. The van der Waals surface area contributed by atoms with Crippen LogP contribution < -0.4 is 10.6 Å². The lowest BCUT2D eigenvalue weighted by Gasteiger charge is -2.29. The molecule has 1 fully saturated rings. The fourth-order valence-electron chi connectivity index (χ4n) is 2.88. The summed E-state index contributed by atoms with van der Waals surface area (Å²) in [5.74, 6) is 0.946. The Hall–Kier alpha value is -0.770. The van der Waals surface area contributed by atoms with E-state index < -0.39 is 0 Å². The molecule has 20 heavy (non-hydrogen) atoms. The normalized spacial score (nSPS) is 18.9. The smallest absolute Gasteiger partial charge is 0.191 e. The van der Waals surface area contributed by atoms with E-state index in [4.69, 9.17) is 0 Å². The molecule has 0 saturated heterocycles. The molecule has 1 rings (SSSR count). The number of likely N-dealkylation sites (N-methyl/N-ethyl adjacent to an activating group) is 1. The lowest BCUT2D eigenvalue weighted by molar-refractivity contribution is 0.275. The maximum absolute atomic E-state index is 4.33. The van der Waals surface area contributed by atoms with Crippen molar-refractivity contribution in [1.29, 1.82) is 0 Å². The molecular weight excluding hydrogens is 248 g/mol. The van der Waals surface area contributed by atoms with Crippen molar-refractivity contribution >= 4 is 5.96 Å². The first kappa shape index (κ1) is 17.3. The minimum Gasteiger partial charge on any atom is -0.356 e. The van der Waals surface area contributed by atoms with Crippen LogP contribution in [0, 0.1) is 5.41 Å².